The van der Waals surface area contributed by atoms with E-state index in [0.29, 0.717) is 18.6 Å². The largest absolute Gasteiger partial charge is 0.480 e. The van der Waals surface area contributed by atoms with E-state index in [0.717, 1.165) is 12.2 Å². The van der Waals surface area contributed by atoms with Crippen LogP contribution in [0.25, 0.3) is 0 Å². The Morgan fingerprint density at radius 3 is 2.78 bits per heavy atom. The standard InChI is InChI=1S/C12H15NO3S2/c14-10(8-17-7-9-3-1-6-18-9)13-12(11(15)16)4-2-5-12/h1,3,6H,2,4-5,7-8H2,(H,13,14)(H,15,16). The molecule has 0 spiro atoms. The number of thioether (sulfide) groups is 1. The number of carbonyl (C=O) groups is 2. The van der Waals surface area contributed by atoms with Crippen molar-refractivity contribution in [1.82, 2.24) is 5.32 Å². The van der Waals surface area contributed by atoms with Crippen LogP contribution in [0.1, 0.15) is 24.1 Å². The fourth-order valence-electron chi connectivity index (χ4n) is 1.86. The number of aliphatic carboxylic acids is 1. The Morgan fingerprint density at radius 1 is 1.50 bits per heavy atom. The number of thiophene rings is 1. The van der Waals surface area contributed by atoms with Crippen LogP contribution in [0.4, 0.5) is 0 Å². The molecule has 2 N–H and O–H groups in total. The summed E-state index contributed by atoms with van der Waals surface area (Å²) < 4.78 is 0. The van der Waals surface area contributed by atoms with E-state index in [1.54, 1.807) is 11.3 Å². The van der Waals surface area contributed by atoms with Gasteiger partial charge in [0.2, 0.25) is 5.91 Å². The summed E-state index contributed by atoms with van der Waals surface area (Å²) in [6.07, 6.45) is 1.96. The Bertz CT molecular complexity index is 427. The van der Waals surface area contributed by atoms with Gasteiger partial charge < -0.3 is 10.4 Å². The van der Waals surface area contributed by atoms with Gasteiger partial charge in [-0.05, 0) is 30.7 Å². The van der Waals surface area contributed by atoms with Crippen molar-refractivity contribution in [3.8, 4) is 0 Å². The molecule has 0 aromatic carbocycles. The van der Waals surface area contributed by atoms with Gasteiger partial charge in [-0.2, -0.15) is 0 Å². The maximum Gasteiger partial charge on any atom is 0.329 e. The van der Waals surface area contributed by atoms with Gasteiger partial charge in [-0.1, -0.05) is 6.07 Å². The highest BCUT2D eigenvalue weighted by atomic mass is 32.2. The number of amides is 1. The molecular weight excluding hydrogens is 270 g/mol. The minimum absolute atomic E-state index is 0.182. The first-order valence-electron chi connectivity index (χ1n) is 5.77. The lowest BCUT2D eigenvalue weighted by atomic mass is 9.77. The number of carbonyl (C=O) groups excluding carboxylic acids is 1. The molecule has 1 fully saturated rings. The van der Waals surface area contributed by atoms with Gasteiger partial charge >= 0.3 is 5.97 Å². The molecule has 1 saturated carbocycles. The number of hydrogen-bond acceptors (Lipinski definition) is 4. The van der Waals surface area contributed by atoms with Crippen molar-refractivity contribution in [2.75, 3.05) is 5.75 Å². The second-order valence-corrected chi connectivity index (χ2v) is 6.38. The average molecular weight is 285 g/mol. The lowest BCUT2D eigenvalue weighted by Crippen LogP contribution is -2.59. The number of rotatable bonds is 6. The van der Waals surface area contributed by atoms with E-state index in [1.165, 1.54) is 16.6 Å². The molecule has 1 aromatic rings. The average Bonchev–Trinajstić information content (AvgIpc) is 2.76. The zero-order valence-electron chi connectivity index (χ0n) is 9.85. The number of nitrogens with one attached hydrogen (secondary N) is 1. The van der Waals surface area contributed by atoms with Gasteiger partial charge in [0, 0.05) is 10.6 Å². The predicted molar refractivity (Wildman–Crippen MR) is 72.8 cm³/mol. The highest BCUT2D eigenvalue weighted by molar-refractivity contribution is 7.99. The third-order valence-electron chi connectivity index (χ3n) is 3.05. The minimum Gasteiger partial charge on any atom is -0.480 e. The normalized spacial score (nSPS) is 16.9. The zero-order chi connectivity index (χ0) is 13.0. The number of carboxylic acid groups (broad SMARTS) is 1. The second-order valence-electron chi connectivity index (χ2n) is 4.36. The molecule has 0 atom stereocenters. The quantitative estimate of drug-likeness (QED) is 0.840. The molecule has 1 aliphatic carbocycles. The highest BCUT2D eigenvalue weighted by Gasteiger charge is 2.45. The molecule has 1 aliphatic rings. The molecule has 1 amide bonds. The van der Waals surface area contributed by atoms with Gasteiger partial charge in [0.25, 0.3) is 0 Å². The van der Waals surface area contributed by atoms with Gasteiger partial charge in [0.15, 0.2) is 0 Å². The van der Waals surface area contributed by atoms with E-state index in [4.69, 9.17) is 5.11 Å². The van der Waals surface area contributed by atoms with Crippen molar-refractivity contribution in [1.29, 1.82) is 0 Å². The molecule has 0 bridgehead atoms. The van der Waals surface area contributed by atoms with Crippen molar-refractivity contribution < 1.29 is 14.7 Å². The van der Waals surface area contributed by atoms with Gasteiger partial charge in [-0.3, -0.25) is 4.79 Å². The van der Waals surface area contributed by atoms with E-state index in [1.807, 2.05) is 17.5 Å². The summed E-state index contributed by atoms with van der Waals surface area (Å²) in [7, 11) is 0. The van der Waals surface area contributed by atoms with Crippen molar-refractivity contribution in [3.63, 3.8) is 0 Å². The molecule has 1 heterocycles. The fourth-order valence-corrected chi connectivity index (χ4v) is 3.53. The van der Waals surface area contributed by atoms with Crippen molar-refractivity contribution in [2.45, 2.75) is 30.6 Å². The first kappa shape index (κ1) is 13.4. The van der Waals surface area contributed by atoms with Crippen LogP contribution in [-0.2, 0) is 15.3 Å². The molecule has 4 nitrogen and oxygen atoms in total. The van der Waals surface area contributed by atoms with Gasteiger partial charge in [0.1, 0.15) is 5.54 Å². The van der Waals surface area contributed by atoms with Crippen LogP contribution in [0, 0.1) is 0 Å². The van der Waals surface area contributed by atoms with E-state index in [2.05, 4.69) is 5.32 Å². The molecular formula is C12H15NO3S2. The van der Waals surface area contributed by atoms with Crippen LogP contribution < -0.4 is 5.32 Å². The number of carboxylic acids is 1. The zero-order valence-corrected chi connectivity index (χ0v) is 11.5. The summed E-state index contributed by atoms with van der Waals surface area (Å²) in [4.78, 5) is 24.0. The Balaban J connectivity index is 1.73. The monoisotopic (exact) mass is 285 g/mol. The Labute approximate surface area is 114 Å². The minimum atomic E-state index is -0.986. The lowest BCUT2D eigenvalue weighted by Gasteiger charge is -2.38. The van der Waals surface area contributed by atoms with Gasteiger partial charge in [-0.25, -0.2) is 4.79 Å². The van der Waals surface area contributed by atoms with Crippen LogP contribution in [0.3, 0.4) is 0 Å². The third kappa shape index (κ3) is 3.05. The molecule has 6 heteroatoms. The SMILES string of the molecule is O=C(CSCc1cccs1)NC1(C(=O)O)CCC1. The van der Waals surface area contributed by atoms with Crippen molar-refractivity contribution >= 4 is 35.0 Å². The fraction of sp³-hybridized carbons (Fsp3) is 0.500. The van der Waals surface area contributed by atoms with E-state index in [-0.39, 0.29) is 5.91 Å². The highest BCUT2D eigenvalue weighted by Crippen LogP contribution is 2.32. The summed E-state index contributed by atoms with van der Waals surface area (Å²) in [5, 5.41) is 13.7. The van der Waals surface area contributed by atoms with Crippen molar-refractivity contribution in [2.24, 2.45) is 0 Å². The molecule has 0 unspecified atom stereocenters. The Kier molecular flexibility index (Phi) is 4.29. The second kappa shape index (κ2) is 5.75. The van der Waals surface area contributed by atoms with E-state index < -0.39 is 11.5 Å². The summed E-state index contributed by atoms with van der Waals surface area (Å²) in [5.41, 5.74) is -0.986. The van der Waals surface area contributed by atoms with Crippen LogP contribution in [0.5, 0.6) is 0 Å². The first-order chi connectivity index (χ1) is 8.62. The molecule has 2 rings (SSSR count). The predicted octanol–water partition coefficient (Wildman–Crippen LogP) is 2.10. The van der Waals surface area contributed by atoms with Crippen LogP contribution in [0.15, 0.2) is 17.5 Å². The van der Waals surface area contributed by atoms with Gasteiger partial charge in [0.05, 0.1) is 5.75 Å². The summed E-state index contributed by atoms with van der Waals surface area (Å²) in [5.74, 6) is 0.0157. The molecule has 0 aliphatic heterocycles. The maximum atomic E-state index is 11.7. The lowest BCUT2D eigenvalue weighted by molar-refractivity contribution is -0.151. The van der Waals surface area contributed by atoms with Crippen LogP contribution in [0.2, 0.25) is 0 Å². The molecule has 18 heavy (non-hydrogen) atoms. The van der Waals surface area contributed by atoms with Crippen LogP contribution >= 0.6 is 23.1 Å². The molecule has 0 radical (unpaired) electrons. The molecule has 1 aromatic heterocycles. The summed E-state index contributed by atoms with van der Waals surface area (Å²) in [6, 6.07) is 4.01. The Morgan fingerprint density at radius 2 is 2.28 bits per heavy atom. The Hall–Kier alpha value is -1.01. The molecule has 0 saturated heterocycles. The topological polar surface area (TPSA) is 66.4 Å². The van der Waals surface area contributed by atoms with Crippen molar-refractivity contribution in [3.05, 3.63) is 22.4 Å². The molecule has 98 valence electrons. The summed E-state index contributed by atoms with van der Waals surface area (Å²) in [6.45, 7) is 0. The van der Waals surface area contributed by atoms with E-state index in [9.17, 15) is 9.59 Å². The van der Waals surface area contributed by atoms with Crippen LogP contribution in [-0.4, -0.2) is 28.3 Å². The smallest absolute Gasteiger partial charge is 0.329 e. The number of hydrogen-bond donors (Lipinski definition) is 2. The van der Waals surface area contributed by atoms with E-state index >= 15 is 0 Å². The maximum absolute atomic E-state index is 11.7. The van der Waals surface area contributed by atoms with Gasteiger partial charge in [-0.15, -0.1) is 23.1 Å². The third-order valence-corrected chi connectivity index (χ3v) is 5.09. The summed E-state index contributed by atoms with van der Waals surface area (Å²) >= 11 is 3.17. The first-order valence-corrected chi connectivity index (χ1v) is 7.80.